The number of rotatable bonds is 28. The smallest absolute Gasteiger partial charge is 0.748 e. The summed E-state index contributed by atoms with van der Waals surface area (Å²) in [6.45, 7) is 37.0. The van der Waals surface area contributed by atoms with E-state index in [1.54, 1.807) is 6.92 Å². The second-order valence-electron chi connectivity index (χ2n) is 36.2. The number of likely N-dealkylation sites (N-methyl/N-ethyl adjacent to an activating group) is 2. The van der Waals surface area contributed by atoms with Crippen LogP contribution in [0.25, 0.3) is 21.5 Å². The molecule has 137 heavy (non-hydrogen) atoms. The maximum atomic E-state index is 11.2. The first-order chi connectivity index (χ1) is 62.8. The van der Waals surface area contributed by atoms with Crippen molar-refractivity contribution in [3.05, 3.63) is 264 Å². The number of hydrogen-bond donors (Lipinski definition) is 4. The standard InChI is InChI=1S/C44H53ClN4O5S.C21H25NO2.C20H20ClN3.C14H20N2O3S.C2H4I.C2H4O2.C2H6O.2ClH.Na.V/c1-30-15-19-34-31(27-30)16-20-36-40(34)44(4,5)38(49(36)25-9-7-8-14-39(50)51)22-18-33-29-47(6)28-32(41(33)45)17-21-37-43(2,3)35-13-12-24-48(42(35)46-37)23-10-11-26-55(52,53)54;1-14-8-10-17-16(13-14)9-11-18-20(17)21(3,4)15(2)22(18)12-6-5-7-19(23)24;1-24-14-16(12-22-18-8-4-2-5-9-18)20(21)17(15-24)13-23-19-10-6-3-7-11-19;1-11-14(2,3)12-7-6-9-16(13(12)15-11)8-4-5-10-20(17,18)19;1-2-3;1-2(3)4;1-2-3;;;;/h12-13,15-22,24,27H,7-11,14,23,25-26,28-29H2,1-6H3,(H-,50,51,52,53,54);8-11,13H,5-7,12H2,1-4H3;2-13,22H,14-15H2,1H3;6-7,9H,4-5,8,10H2,1-3H3;2H,1H3;1H3,(H,3,4);3H,2H2,1H3;2*1H;;/q;;;;-1;;;;;+1;/b;;16-12+,23-13?;;;;;;;;. The molecule has 2 aromatic heterocycles. The number of unbranched alkanes of at least 4 members (excludes halogenated alkanes) is 5. The number of pyridine rings is 2. The van der Waals surface area contributed by atoms with Crippen LogP contribution in [0.15, 0.2) is 242 Å². The van der Waals surface area contributed by atoms with Crippen molar-refractivity contribution in [1.29, 1.82) is 0 Å². The number of para-hydroxylation sites is 2. The SMILES string of the molecule is CC(=O)[O-].CC1=Nc2c(ccc[n+]2CCCCS(=O)(=O)[O-])C1(C)C.CC1=[N+](CCCCC(=O)O)c2ccc3cc(C)ccc3c2C1(C)C.CCO.CN1CC(C=Nc2ccccc2)=C(Cl)/C(=C/Nc2ccccc2)C1.C[CH-]I.Cc1ccc2c3c(ccc2c1)N(CCCCCC(=O)O)C(=CC=C1CN(C)CC(C=CC2=Nc4c(ccc[n+]4CCCCS(=O)(=O)[O-])C2(C)C)=C1Cl)C3(C)C.Cl.Cl.[Na+].[V]. The van der Waals surface area contributed by atoms with E-state index in [0.717, 1.165) is 131 Å². The summed E-state index contributed by atoms with van der Waals surface area (Å²) in [5.74, 6) is -1.41. The van der Waals surface area contributed by atoms with Gasteiger partial charge >= 0.3 is 53.1 Å². The molecule has 6 aliphatic heterocycles. The maximum absolute atomic E-state index is 11.2. The molecule has 8 heterocycles. The minimum absolute atomic E-state index is 0. The molecule has 0 aliphatic carbocycles. The number of aromatic nitrogens is 2. The Morgan fingerprint density at radius 1 is 0.591 bits per heavy atom. The van der Waals surface area contributed by atoms with Crippen LogP contribution >= 0.6 is 70.6 Å². The van der Waals surface area contributed by atoms with Gasteiger partial charge in [-0.05, 0) is 256 Å². The summed E-state index contributed by atoms with van der Waals surface area (Å²) in [6, 6.07) is 50.3. The third-order valence-corrected chi connectivity index (χ3v) is 26.9. The number of aryl methyl sites for hydroxylation is 4. The number of nitrogens with one attached hydrogen (secondary N) is 1. The van der Waals surface area contributed by atoms with Crippen LogP contribution in [0, 0.1) is 18.3 Å². The third kappa shape index (κ3) is 34.7. The zero-order chi connectivity index (χ0) is 97.9. The fourth-order valence-electron chi connectivity index (χ4n) is 17.1. The average Bonchev–Trinajstić information content (AvgIpc) is 1.58. The minimum atomic E-state index is -4.23. The predicted molar refractivity (Wildman–Crippen MR) is 561 cm³/mol. The van der Waals surface area contributed by atoms with Crippen LogP contribution in [0.1, 0.15) is 194 Å². The molecule has 23 nitrogen and oxygen atoms in total. The Hall–Kier alpha value is -7.56. The van der Waals surface area contributed by atoms with Crippen LogP contribution < -0.4 is 54.0 Å². The van der Waals surface area contributed by atoms with Gasteiger partial charge in [-0.25, -0.2) is 26.0 Å². The quantitative estimate of drug-likeness (QED) is 0.00673. The second-order valence-corrected chi connectivity index (χ2v) is 41.3. The van der Waals surface area contributed by atoms with E-state index in [-0.39, 0.29) is 126 Å². The number of aliphatic hydroxyl groups excluding tert-OH is 1. The van der Waals surface area contributed by atoms with Gasteiger partial charge < -0.3 is 67.1 Å². The Morgan fingerprint density at radius 3 is 1.60 bits per heavy atom. The first-order valence-electron chi connectivity index (χ1n) is 45.3. The molecule has 1 radical (unpaired) electrons. The van der Waals surface area contributed by atoms with E-state index in [9.17, 15) is 40.6 Å². The van der Waals surface area contributed by atoms with E-state index in [1.165, 1.54) is 72.1 Å². The van der Waals surface area contributed by atoms with E-state index >= 15 is 0 Å². The number of carboxylic acids is 3. The van der Waals surface area contributed by atoms with Crippen LogP contribution in [0.4, 0.5) is 34.4 Å². The molecular formula is C105H134Cl4IN10NaO13S2V. The number of aliphatic hydroxyl groups is 1. The fraction of sp³-hybridized carbons (Fsp3) is 0.410. The van der Waals surface area contributed by atoms with E-state index in [4.69, 9.17) is 48.3 Å². The predicted octanol–water partition coefficient (Wildman–Crippen LogP) is 17.9. The first kappa shape index (κ1) is 122. The molecule has 0 amide bonds. The number of allylic oxidation sites excluding steroid dienone is 4. The molecule has 6 aromatic carbocycles. The number of anilines is 2. The van der Waals surface area contributed by atoms with Gasteiger partial charge in [0.05, 0.1) is 83.8 Å². The molecule has 4 N–H and O–H groups in total. The molecule has 0 saturated carbocycles. The largest absolute Gasteiger partial charge is 1.00 e. The van der Waals surface area contributed by atoms with Gasteiger partial charge in [-0.15, -0.1) is 24.8 Å². The van der Waals surface area contributed by atoms with E-state index in [1.807, 2.05) is 125 Å². The monoisotopic (exact) mass is 2150 g/mol. The van der Waals surface area contributed by atoms with Crippen LogP contribution in [0.2, 0.25) is 0 Å². The third-order valence-electron chi connectivity index (χ3n) is 24.3. The number of carbonyl (C=O) groups is 3. The molecule has 32 heteroatoms. The van der Waals surface area contributed by atoms with Gasteiger partial charge in [0.1, 0.15) is 12.3 Å². The van der Waals surface area contributed by atoms with Gasteiger partial charge in [0, 0.05) is 164 Å². The molecular weight excluding hydrogens is 2020 g/mol. The molecule has 0 unspecified atom stereocenters. The maximum Gasteiger partial charge on any atom is 1.00 e. The fourth-order valence-corrected chi connectivity index (χ4v) is 18.7. The van der Waals surface area contributed by atoms with Gasteiger partial charge in [-0.3, -0.25) is 28.8 Å². The summed E-state index contributed by atoms with van der Waals surface area (Å²) in [4.78, 5) is 51.9. The number of aliphatic carboxylic acids is 3. The van der Waals surface area contributed by atoms with Crippen molar-refractivity contribution in [2.45, 2.75) is 209 Å². The number of nitrogens with zero attached hydrogens (tertiary/aromatic N) is 9. The summed E-state index contributed by atoms with van der Waals surface area (Å²) >= 11 is 16.0. The molecule has 735 valence electrons. The van der Waals surface area contributed by atoms with Crippen molar-refractivity contribution in [1.82, 2.24) is 9.80 Å². The number of fused-ring (bicyclic) bond motifs is 8. The number of halogens is 5. The topological polar surface area (TPSA) is 319 Å². The van der Waals surface area contributed by atoms with Crippen molar-refractivity contribution >= 4 is 188 Å². The van der Waals surface area contributed by atoms with E-state index in [2.05, 4.69) is 245 Å². The molecule has 6 aliphatic rings. The Labute approximate surface area is 882 Å². The normalized spacial score (nSPS) is 16.6. The molecule has 0 fully saturated rings. The molecule has 0 atom stereocenters. The summed E-state index contributed by atoms with van der Waals surface area (Å²) in [5.41, 5.74) is 19.9. The Balaban J connectivity index is 0.000000399. The van der Waals surface area contributed by atoms with Gasteiger partial charge in [0.15, 0.2) is 11.4 Å². The van der Waals surface area contributed by atoms with Crippen molar-refractivity contribution in [2.24, 2.45) is 15.0 Å². The van der Waals surface area contributed by atoms with Gasteiger partial charge in [0.25, 0.3) is 0 Å². The number of carbonyl (C=O) groups excluding carboxylic acids is 1. The van der Waals surface area contributed by atoms with Crippen LogP contribution in [0.5, 0.6) is 0 Å². The van der Waals surface area contributed by atoms with Crippen molar-refractivity contribution in [2.75, 3.05) is 81.7 Å². The van der Waals surface area contributed by atoms with Crippen molar-refractivity contribution in [3.63, 3.8) is 0 Å². The zero-order valence-electron chi connectivity index (χ0n) is 82.3. The van der Waals surface area contributed by atoms with Gasteiger partial charge in [-0.1, -0.05) is 146 Å². The molecule has 14 rings (SSSR count). The Bertz CT molecular complexity index is 6060. The summed E-state index contributed by atoms with van der Waals surface area (Å²) < 4.78 is 73.4. The summed E-state index contributed by atoms with van der Waals surface area (Å²) in [7, 11) is -4.16. The second kappa shape index (κ2) is 56.3. The first-order valence-corrected chi connectivity index (χ1v) is 50.4. The van der Waals surface area contributed by atoms with Crippen LogP contribution in [-0.4, -0.2) is 168 Å². The number of aliphatic imine (C=N–C) groups is 3. The molecule has 0 spiro atoms. The number of benzene rings is 6. The number of hydrogen-bond acceptors (Lipinski definition) is 18. The Morgan fingerprint density at radius 2 is 1.07 bits per heavy atom. The molecule has 8 aromatic rings. The Kier molecular flexibility index (Phi) is 50.1. The molecule has 0 bridgehead atoms. The summed E-state index contributed by atoms with van der Waals surface area (Å²) in [5, 5.41) is 44.4. The number of carboxylic acid groups (broad SMARTS) is 3. The van der Waals surface area contributed by atoms with E-state index in [0.29, 0.717) is 58.3 Å². The zero-order valence-corrected chi connectivity index (χ0v) is 92.6. The van der Waals surface area contributed by atoms with Crippen LogP contribution in [-0.2, 0) is 87.9 Å². The van der Waals surface area contributed by atoms with Crippen molar-refractivity contribution in [3.8, 4) is 0 Å². The van der Waals surface area contributed by atoms with Gasteiger partial charge in [-0.2, -0.15) is 11.5 Å². The molecule has 0 saturated heterocycles. The average molecular weight is 2150 g/mol. The van der Waals surface area contributed by atoms with Crippen molar-refractivity contribution < 1.29 is 123 Å². The van der Waals surface area contributed by atoms with E-state index < -0.39 is 38.1 Å². The summed E-state index contributed by atoms with van der Waals surface area (Å²) in [6.07, 6.45) is 22.7. The van der Waals surface area contributed by atoms with Crippen LogP contribution in [0.3, 0.4) is 0 Å². The minimum Gasteiger partial charge on any atom is -0.748 e. The van der Waals surface area contributed by atoms with Gasteiger partial charge in [0.2, 0.25) is 5.69 Å².